The highest BCUT2D eigenvalue weighted by Gasteiger charge is 1.97. The minimum absolute atomic E-state index is 0.104. The fourth-order valence-corrected chi connectivity index (χ4v) is 0.754. The van der Waals surface area contributed by atoms with Crippen LogP contribution in [-0.4, -0.2) is 4.86 Å². The molecule has 52 valence electrons. The number of hydrogen-bond acceptors (Lipinski definition) is 2. The molecule has 10 heavy (non-hydrogen) atoms. The zero-order valence-electron chi connectivity index (χ0n) is 5.66. The molecule has 1 rings (SSSR count). The molecular weight excluding hydrogens is 128 g/mol. The molecule has 1 aromatic carbocycles. The van der Waals surface area contributed by atoms with Crippen molar-refractivity contribution >= 4 is 5.69 Å². The second-order valence-corrected chi connectivity index (χ2v) is 2.13. The van der Waals surface area contributed by atoms with E-state index in [1.165, 1.54) is 0 Å². The van der Waals surface area contributed by atoms with Gasteiger partial charge in [0, 0.05) is 12.1 Å². The molecule has 0 spiro atoms. The summed E-state index contributed by atoms with van der Waals surface area (Å²) in [6, 6.07) is 6.91. The van der Waals surface area contributed by atoms with Crippen LogP contribution in [0.3, 0.4) is 0 Å². The van der Waals surface area contributed by atoms with E-state index in [2.05, 4.69) is 0 Å². The van der Waals surface area contributed by atoms with Crippen molar-refractivity contribution in [1.29, 1.82) is 5.53 Å². The molecule has 3 heteroatoms. The second kappa shape index (κ2) is 2.47. The van der Waals surface area contributed by atoms with E-state index >= 15 is 0 Å². The van der Waals surface area contributed by atoms with Crippen molar-refractivity contribution < 1.29 is 4.86 Å². The van der Waals surface area contributed by atoms with Crippen molar-refractivity contribution in [3.8, 4) is 0 Å². The van der Waals surface area contributed by atoms with Crippen molar-refractivity contribution in [3.05, 3.63) is 35.0 Å². The summed E-state index contributed by atoms with van der Waals surface area (Å²) in [5.74, 6) is 0. The molecular formula is C7H8N2O. The topological polar surface area (TPSA) is 49.9 Å². The molecule has 0 aromatic heterocycles. The molecule has 0 aliphatic rings. The Labute approximate surface area is 59.0 Å². The average molecular weight is 136 g/mol. The first-order chi connectivity index (χ1) is 4.70. The van der Waals surface area contributed by atoms with Gasteiger partial charge >= 0.3 is 0 Å². The van der Waals surface area contributed by atoms with Crippen LogP contribution in [-0.2, 0) is 0 Å². The molecule has 0 unspecified atom stereocenters. The lowest BCUT2D eigenvalue weighted by Crippen LogP contribution is -1.86. The zero-order valence-corrected chi connectivity index (χ0v) is 5.66. The summed E-state index contributed by atoms with van der Waals surface area (Å²) in [5, 5.41) is 10.4. The number of rotatable bonds is 1. The quantitative estimate of drug-likeness (QED) is 0.359. The van der Waals surface area contributed by atoms with Gasteiger partial charge < -0.3 is 5.21 Å². The van der Waals surface area contributed by atoms with Gasteiger partial charge in [-0.3, -0.25) is 0 Å². The molecule has 0 atom stereocenters. The van der Waals surface area contributed by atoms with Crippen molar-refractivity contribution in [1.82, 2.24) is 0 Å². The summed E-state index contributed by atoms with van der Waals surface area (Å²) in [4.78, 5) is 0.104. The van der Waals surface area contributed by atoms with Gasteiger partial charge in [-0.05, 0) is 18.0 Å². The summed E-state index contributed by atoms with van der Waals surface area (Å²) in [6.07, 6.45) is 0. The zero-order chi connectivity index (χ0) is 7.56. The van der Waals surface area contributed by atoms with Gasteiger partial charge in [0.25, 0.3) is 0 Å². The molecule has 0 aliphatic carbocycles. The minimum atomic E-state index is 0.104. The van der Waals surface area contributed by atoms with Crippen molar-refractivity contribution in [2.45, 2.75) is 6.92 Å². The molecule has 0 aliphatic heterocycles. The summed E-state index contributed by atoms with van der Waals surface area (Å²) in [6.45, 7) is 1.88. The molecule has 0 amide bonds. The van der Waals surface area contributed by atoms with Crippen molar-refractivity contribution in [2.75, 3.05) is 0 Å². The van der Waals surface area contributed by atoms with Gasteiger partial charge in [0.2, 0.25) is 5.69 Å². The van der Waals surface area contributed by atoms with E-state index in [0.717, 1.165) is 5.56 Å². The third kappa shape index (κ3) is 1.31. The Morgan fingerprint density at radius 1 is 1.50 bits per heavy atom. The number of hydrogen-bond donors (Lipinski definition) is 1. The van der Waals surface area contributed by atoms with Gasteiger partial charge in [-0.25, -0.2) is 0 Å². The van der Waals surface area contributed by atoms with E-state index in [9.17, 15) is 5.21 Å². The van der Waals surface area contributed by atoms with Gasteiger partial charge in [-0.15, -0.1) is 0 Å². The van der Waals surface area contributed by atoms with E-state index in [4.69, 9.17) is 5.53 Å². The van der Waals surface area contributed by atoms with Crippen molar-refractivity contribution in [3.63, 3.8) is 0 Å². The predicted molar refractivity (Wildman–Crippen MR) is 37.2 cm³/mol. The maximum atomic E-state index is 10.4. The first-order valence-corrected chi connectivity index (χ1v) is 2.95. The lowest BCUT2D eigenvalue weighted by molar-refractivity contribution is -0.465. The Morgan fingerprint density at radius 2 is 2.20 bits per heavy atom. The standard InChI is InChI=1S/C7H8N2O/c1-6-3-2-4-7(5-6)9(8)10/h2-5,8H,1H3. The SMILES string of the molecule is Cc1cccc([N+](=N)[O-])c1. The first-order valence-electron chi connectivity index (χ1n) is 2.95. The Balaban J connectivity index is 3.07. The minimum Gasteiger partial charge on any atom is -0.594 e. The third-order valence-electron chi connectivity index (χ3n) is 1.24. The average Bonchev–Trinajstić information content (AvgIpc) is 1.88. The molecule has 0 heterocycles. The van der Waals surface area contributed by atoms with Crippen LogP contribution in [0.2, 0.25) is 0 Å². The van der Waals surface area contributed by atoms with Crippen LogP contribution >= 0.6 is 0 Å². The van der Waals surface area contributed by atoms with Crippen molar-refractivity contribution in [2.24, 2.45) is 0 Å². The number of nitrogens with one attached hydrogen (secondary N) is 1. The third-order valence-corrected chi connectivity index (χ3v) is 1.24. The number of nitrogens with zero attached hydrogens (tertiary/aromatic N) is 1. The van der Waals surface area contributed by atoms with E-state index < -0.39 is 0 Å². The maximum absolute atomic E-state index is 10.4. The van der Waals surface area contributed by atoms with E-state index in [0.29, 0.717) is 5.69 Å². The van der Waals surface area contributed by atoms with E-state index in [1.807, 2.05) is 13.0 Å². The first kappa shape index (κ1) is 6.74. The lowest BCUT2D eigenvalue weighted by atomic mass is 10.2. The summed E-state index contributed by atoms with van der Waals surface area (Å²) < 4.78 is 0. The van der Waals surface area contributed by atoms with Crippen LogP contribution in [0.25, 0.3) is 0 Å². The molecule has 0 bridgehead atoms. The van der Waals surface area contributed by atoms with Gasteiger partial charge in [-0.1, -0.05) is 17.0 Å². The molecule has 0 saturated heterocycles. The van der Waals surface area contributed by atoms with Crippen LogP contribution in [0.5, 0.6) is 0 Å². The summed E-state index contributed by atoms with van der Waals surface area (Å²) >= 11 is 0. The Kier molecular flexibility index (Phi) is 1.67. The van der Waals surface area contributed by atoms with Gasteiger partial charge in [0.15, 0.2) is 0 Å². The monoisotopic (exact) mass is 136 g/mol. The molecule has 0 fully saturated rings. The van der Waals surface area contributed by atoms with E-state index in [1.54, 1.807) is 18.2 Å². The number of benzene rings is 1. The van der Waals surface area contributed by atoms with Crippen LogP contribution in [0, 0.1) is 17.7 Å². The molecule has 1 aromatic rings. The fraction of sp³-hybridized carbons (Fsp3) is 0.143. The van der Waals surface area contributed by atoms with Crippen LogP contribution in [0.1, 0.15) is 5.56 Å². The van der Waals surface area contributed by atoms with Gasteiger partial charge in [0.05, 0.1) is 0 Å². The molecule has 1 N–H and O–H groups in total. The highest BCUT2D eigenvalue weighted by atomic mass is 16.5. The maximum Gasteiger partial charge on any atom is 0.244 e. The second-order valence-electron chi connectivity index (χ2n) is 2.13. The Morgan fingerprint density at radius 3 is 2.60 bits per heavy atom. The van der Waals surface area contributed by atoms with E-state index in [-0.39, 0.29) is 4.86 Å². The van der Waals surface area contributed by atoms with Crippen LogP contribution < -0.4 is 0 Å². The van der Waals surface area contributed by atoms with Gasteiger partial charge in [-0.2, -0.15) is 0 Å². The van der Waals surface area contributed by atoms with Gasteiger partial charge in [0.1, 0.15) is 0 Å². The van der Waals surface area contributed by atoms with Crippen LogP contribution in [0.4, 0.5) is 5.69 Å². The smallest absolute Gasteiger partial charge is 0.244 e. The lowest BCUT2D eigenvalue weighted by Gasteiger charge is -1.95. The highest BCUT2D eigenvalue weighted by Crippen LogP contribution is 2.11. The molecule has 0 saturated carbocycles. The number of aryl methyl sites for hydroxylation is 1. The highest BCUT2D eigenvalue weighted by molar-refractivity contribution is 5.32. The van der Waals surface area contributed by atoms with Crippen LogP contribution in [0.15, 0.2) is 24.3 Å². The predicted octanol–water partition coefficient (Wildman–Crippen LogP) is 2.17. The summed E-state index contributed by atoms with van der Waals surface area (Å²) in [5.41, 5.74) is 8.06. The summed E-state index contributed by atoms with van der Waals surface area (Å²) in [7, 11) is 0. The Hall–Kier alpha value is -1.38. The largest absolute Gasteiger partial charge is 0.594 e. The fourth-order valence-electron chi connectivity index (χ4n) is 0.754. The molecule has 3 nitrogen and oxygen atoms in total. The molecule has 0 radical (unpaired) electrons. The Bertz CT molecular complexity index is 258. The normalized spacial score (nSPS) is 9.30.